The SMILES string of the molecule is N#CSc1nc(I)ncc1F. The van der Waals surface area contributed by atoms with Gasteiger partial charge in [-0.2, -0.15) is 5.26 Å². The number of halogens is 2. The molecule has 11 heavy (non-hydrogen) atoms. The van der Waals surface area contributed by atoms with Crippen molar-refractivity contribution in [2.45, 2.75) is 5.03 Å². The van der Waals surface area contributed by atoms with Gasteiger partial charge in [-0.3, -0.25) is 0 Å². The van der Waals surface area contributed by atoms with Crippen molar-refractivity contribution in [2.75, 3.05) is 0 Å². The van der Waals surface area contributed by atoms with Crippen molar-refractivity contribution in [3.63, 3.8) is 0 Å². The largest absolute Gasteiger partial charge is 0.228 e. The molecular weight excluding hydrogens is 280 g/mol. The van der Waals surface area contributed by atoms with Crippen molar-refractivity contribution < 1.29 is 4.39 Å². The first kappa shape index (κ1) is 8.67. The maximum absolute atomic E-state index is 12.7. The van der Waals surface area contributed by atoms with Crippen LogP contribution in [0, 0.1) is 20.3 Å². The summed E-state index contributed by atoms with van der Waals surface area (Å²) in [6.07, 6.45) is 1.05. The summed E-state index contributed by atoms with van der Waals surface area (Å²) in [6, 6.07) is 0. The van der Waals surface area contributed by atoms with Crippen LogP contribution in [0.1, 0.15) is 0 Å². The van der Waals surface area contributed by atoms with E-state index in [-0.39, 0.29) is 5.03 Å². The molecule has 1 rings (SSSR count). The van der Waals surface area contributed by atoms with E-state index >= 15 is 0 Å². The Balaban J connectivity index is 3.05. The molecule has 0 unspecified atom stereocenters. The third kappa shape index (κ3) is 2.27. The predicted molar refractivity (Wildman–Crippen MR) is 46.2 cm³/mol. The molecule has 56 valence electrons. The van der Waals surface area contributed by atoms with Crippen molar-refractivity contribution in [3.05, 3.63) is 15.8 Å². The molecule has 0 radical (unpaired) electrons. The Morgan fingerprint density at radius 3 is 3.09 bits per heavy atom. The van der Waals surface area contributed by atoms with E-state index in [0.29, 0.717) is 15.6 Å². The van der Waals surface area contributed by atoms with E-state index in [4.69, 9.17) is 5.26 Å². The van der Waals surface area contributed by atoms with Gasteiger partial charge < -0.3 is 0 Å². The number of nitrogens with zero attached hydrogens (tertiary/aromatic N) is 3. The smallest absolute Gasteiger partial charge is 0.191 e. The van der Waals surface area contributed by atoms with Crippen molar-refractivity contribution in [2.24, 2.45) is 0 Å². The average molecular weight is 281 g/mol. The summed E-state index contributed by atoms with van der Waals surface area (Å²) < 4.78 is 13.1. The number of hydrogen-bond donors (Lipinski definition) is 0. The second-order valence-electron chi connectivity index (χ2n) is 1.49. The van der Waals surface area contributed by atoms with Crippen LogP contribution in [0.3, 0.4) is 0 Å². The summed E-state index contributed by atoms with van der Waals surface area (Å²) in [5, 5.41) is 10.0. The van der Waals surface area contributed by atoms with Crippen molar-refractivity contribution in [3.8, 4) is 5.40 Å². The normalized spacial score (nSPS) is 9.18. The molecule has 0 atom stereocenters. The predicted octanol–water partition coefficient (Wildman–Crippen LogP) is 1.79. The minimum atomic E-state index is -0.558. The van der Waals surface area contributed by atoms with Crippen molar-refractivity contribution in [1.29, 1.82) is 5.26 Å². The van der Waals surface area contributed by atoms with Crippen LogP contribution in [-0.4, -0.2) is 9.97 Å². The van der Waals surface area contributed by atoms with E-state index < -0.39 is 5.82 Å². The van der Waals surface area contributed by atoms with Crippen molar-refractivity contribution in [1.82, 2.24) is 9.97 Å². The van der Waals surface area contributed by atoms with Gasteiger partial charge in [-0.05, 0) is 0 Å². The fourth-order valence-corrected chi connectivity index (χ4v) is 1.36. The van der Waals surface area contributed by atoms with E-state index in [2.05, 4.69) is 9.97 Å². The lowest BCUT2D eigenvalue weighted by molar-refractivity contribution is 0.576. The van der Waals surface area contributed by atoms with Crippen LogP contribution in [0.2, 0.25) is 0 Å². The molecule has 0 aliphatic rings. The van der Waals surface area contributed by atoms with Crippen molar-refractivity contribution >= 4 is 34.4 Å². The van der Waals surface area contributed by atoms with E-state index in [1.807, 2.05) is 22.6 Å². The number of aromatic nitrogens is 2. The maximum atomic E-state index is 12.7. The van der Waals surface area contributed by atoms with Crippen LogP contribution in [0.15, 0.2) is 11.2 Å². The number of nitriles is 1. The summed E-state index contributed by atoms with van der Waals surface area (Å²) in [7, 11) is 0. The molecular formula is C5HFIN3S. The zero-order valence-corrected chi connectivity index (χ0v) is 8.06. The molecule has 0 aliphatic carbocycles. The van der Waals surface area contributed by atoms with Crippen LogP contribution in [0.4, 0.5) is 4.39 Å². The van der Waals surface area contributed by atoms with Gasteiger partial charge in [0.2, 0.25) is 0 Å². The Kier molecular flexibility index (Phi) is 3.02. The highest BCUT2D eigenvalue weighted by Crippen LogP contribution is 2.17. The second-order valence-corrected chi connectivity index (χ2v) is 3.22. The van der Waals surface area contributed by atoms with Crippen LogP contribution < -0.4 is 0 Å². The van der Waals surface area contributed by atoms with Gasteiger partial charge in [0, 0.05) is 34.4 Å². The van der Waals surface area contributed by atoms with Gasteiger partial charge in [-0.1, -0.05) is 0 Å². The van der Waals surface area contributed by atoms with Gasteiger partial charge in [0.15, 0.2) is 14.7 Å². The molecule has 0 amide bonds. The molecule has 0 bridgehead atoms. The summed E-state index contributed by atoms with van der Waals surface area (Å²) in [5.74, 6) is -0.558. The van der Waals surface area contributed by atoms with E-state index in [1.165, 1.54) is 0 Å². The minimum absolute atomic E-state index is 0.0758. The monoisotopic (exact) mass is 281 g/mol. The Labute approximate surface area is 80.2 Å². The molecule has 6 heteroatoms. The fraction of sp³-hybridized carbons (Fsp3) is 0. The van der Waals surface area contributed by atoms with Crippen LogP contribution in [0.25, 0.3) is 0 Å². The van der Waals surface area contributed by atoms with Gasteiger partial charge in [0.1, 0.15) is 5.40 Å². The second kappa shape index (κ2) is 3.82. The quantitative estimate of drug-likeness (QED) is 0.259. The van der Waals surface area contributed by atoms with Gasteiger partial charge in [-0.15, -0.1) is 0 Å². The van der Waals surface area contributed by atoms with Gasteiger partial charge in [0.05, 0.1) is 6.20 Å². The Hall–Kier alpha value is -0.420. The summed E-state index contributed by atoms with van der Waals surface area (Å²) in [5.41, 5.74) is 0. The zero-order valence-electron chi connectivity index (χ0n) is 5.08. The van der Waals surface area contributed by atoms with Crippen LogP contribution in [0.5, 0.6) is 0 Å². The summed E-state index contributed by atoms with van der Waals surface area (Å²) in [6.45, 7) is 0. The molecule has 0 spiro atoms. The Bertz CT molecular complexity index is 311. The first-order valence-electron chi connectivity index (χ1n) is 2.48. The van der Waals surface area contributed by atoms with Gasteiger partial charge in [0.25, 0.3) is 0 Å². The molecule has 1 heterocycles. The number of hydrogen-bond acceptors (Lipinski definition) is 4. The Morgan fingerprint density at radius 1 is 1.73 bits per heavy atom. The van der Waals surface area contributed by atoms with Gasteiger partial charge >= 0.3 is 0 Å². The molecule has 0 aliphatic heterocycles. The standard InChI is InChI=1S/C5HFIN3S/c6-3-1-9-5(7)10-4(3)11-2-8/h1H. The van der Waals surface area contributed by atoms with E-state index in [9.17, 15) is 4.39 Å². The first-order chi connectivity index (χ1) is 5.24. The van der Waals surface area contributed by atoms with E-state index in [0.717, 1.165) is 6.20 Å². The number of thioether (sulfide) groups is 1. The molecule has 0 saturated carbocycles. The topological polar surface area (TPSA) is 49.6 Å². The lowest BCUT2D eigenvalue weighted by Gasteiger charge is -1.93. The van der Waals surface area contributed by atoms with Crippen LogP contribution in [-0.2, 0) is 0 Å². The molecule has 0 fully saturated rings. The molecule has 3 nitrogen and oxygen atoms in total. The lowest BCUT2D eigenvalue weighted by Crippen LogP contribution is -1.92. The van der Waals surface area contributed by atoms with E-state index in [1.54, 1.807) is 5.40 Å². The third-order valence-electron chi connectivity index (χ3n) is 0.825. The molecule has 1 aromatic heterocycles. The highest BCUT2D eigenvalue weighted by atomic mass is 127. The molecule has 0 saturated heterocycles. The molecule has 0 N–H and O–H groups in total. The number of thiocyanates is 1. The highest BCUT2D eigenvalue weighted by molar-refractivity contribution is 14.1. The lowest BCUT2D eigenvalue weighted by atomic mass is 10.6. The summed E-state index contributed by atoms with van der Waals surface area (Å²) in [4.78, 5) is 7.30. The maximum Gasteiger partial charge on any atom is 0.191 e. The highest BCUT2D eigenvalue weighted by Gasteiger charge is 2.04. The fourth-order valence-electron chi connectivity index (χ4n) is 0.446. The first-order valence-corrected chi connectivity index (χ1v) is 4.37. The molecule has 0 aromatic carbocycles. The molecule has 1 aromatic rings. The minimum Gasteiger partial charge on any atom is -0.228 e. The third-order valence-corrected chi connectivity index (χ3v) is 1.92. The summed E-state index contributed by atoms with van der Waals surface area (Å²) >= 11 is 2.54. The average Bonchev–Trinajstić information content (AvgIpc) is 1.98. The Morgan fingerprint density at radius 2 is 2.45 bits per heavy atom. The van der Waals surface area contributed by atoms with Crippen LogP contribution >= 0.6 is 34.4 Å². The zero-order chi connectivity index (χ0) is 8.27. The van der Waals surface area contributed by atoms with Gasteiger partial charge in [-0.25, -0.2) is 14.4 Å². The number of rotatable bonds is 1.